The van der Waals surface area contributed by atoms with E-state index in [-0.39, 0.29) is 6.61 Å². The molecule has 1 atom stereocenters. The molecule has 0 radical (unpaired) electrons. The molecule has 5 nitrogen and oxygen atoms in total. The van der Waals surface area contributed by atoms with Crippen molar-refractivity contribution in [1.82, 2.24) is 4.90 Å². The van der Waals surface area contributed by atoms with E-state index < -0.39 is 5.97 Å². The Morgan fingerprint density at radius 1 is 1.15 bits per heavy atom. The Morgan fingerprint density at radius 3 is 2.70 bits per heavy atom. The highest BCUT2D eigenvalue weighted by atomic mass is 16.5. The number of ether oxygens (including phenoxy) is 2. The molecule has 1 aliphatic rings. The molecule has 0 aliphatic carbocycles. The normalized spacial score (nSPS) is 17.4. The van der Waals surface area contributed by atoms with E-state index in [2.05, 4.69) is 24.0 Å². The molecule has 1 fully saturated rings. The summed E-state index contributed by atoms with van der Waals surface area (Å²) < 4.78 is 11.4. The van der Waals surface area contributed by atoms with Crippen LogP contribution in [0, 0.1) is 12.8 Å². The summed E-state index contributed by atoms with van der Waals surface area (Å²) in [4.78, 5) is 13.2. The summed E-state index contributed by atoms with van der Waals surface area (Å²) in [5.41, 5.74) is 2.26. The fourth-order valence-corrected chi connectivity index (χ4v) is 3.44. The molecule has 0 aromatic heterocycles. The van der Waals surface area contributed by atoms with Crippen LogP contribution in [-0.4, -0.2) is 42.3 Å². The number of rotatable bonds is 8. The van der Waals surface area contributed by atoms with E-state index in [1.54, 1.807) is 0 Å². The van der Waals surface area contributed by atoms with Gasteiger partial charge in [0.15, 0.2) is 6.61 Å². The highest BCUT2D eigenvalue weighted by molar-refractivity contribution is 5.68. The van der Waals surface area contributed by atoms with Crippen molar-refractivity contribution >= 4 is 5.97 Å². The first kappa shape index (κ1) is 19.2. The molecule has 144 valence electrons. The Labute approximate surface area is 160 Å². The highest BCUT2D eigenvalue weighted by Crippen LogP contribution is 2.24. The second-order valence-corrected chi connectivity index (χ2v) is 7.16. The van der Waals surface area contributed by atoms with Crippen LogP contribution in [0.15, 0.2) is 48.5 Å². The van der Waals surface area contributed by atoms with E-state index in [4.69, 9.17) is 14.6 Å². The van der Waals surface area contributed by atoms with Crippen LogP contribution in [-0.2, 0) is 11.3 Å². The molecule has 27 heavy (non-hydrogen) atoms. The van der Waals surface area contributed by atoms with Crippen molar-refractivity contribution in [2.75, 3.05) is 26.3 Å². The number of carboxylic acids is 1. The van der Waals surface area contributed by atoms with Crippen molar-refractivity contribution in [3.63, 3.8) is 0 Å². The summed E-state index contributed by atoms with van der Waals surface area (Å²) in [6.07, 6.45) is 2.31. The molecule has 1 aliphatic heterocycles. The molecule has 5 heteroatoms. The number of likely N-dealkylation sites (tertiary alicyclic amines) is 1. The lowest BCUT2D eigenvalue weighted by Gasteiger charge is -2.33. The minimum atomic E-state index is -0.962. The third-order valence-corrected chi connectivity index (χ3v) is 4.83. The molecule has 1 heterocycles. The average Bonchev–Trinajstić information content (AvgIpc) is 2.67. The predicted molar refractivity (Wildman–Crippen MR) is 104 cm³/mol. The van der Waals surface area contributed by atoms with Crippen LogP contribution < -0.4 is 9.47 Å². The molecule has 0 spiro atoms. The minimum absolute atomic E-state index is 0.315. The molecule has 2 aromatic carbocycles. The Balaban J connectivity index is 1.54. The minimum Gasteiger partial charge on any atom is -0.493 e. The summed E-state index contributed by atoms with van der Waals surface area (Å²) in [6, 6.07) is 15.8. The van der Waals surface area contributed by atoms with Crippen molar-refractivity contribution in [1.29, 1.82) is 0 Å². The van der Waals surface area contributed by atoms with E-state index in [1.807, 2.05) is 36.4 Å². The number of para-hydroxylation sites is 1. The Bertz CT molecular complexity index is 744. The average molecular weight is 369 g/mol. The highest BCUT2D eigenvalue weighted by Gasteiger charge is 2.21. The topological polar surface area (TPSA) is 59.0 Å². The van der Waals surface area contributed by atoms with Crippen LogP contribution in [0.5, 0.6) is 11.5 Å². The summed E-state index contributed by atoms with van der Waals surface area (Å²) >= 11 is 0. The number of hydrogen-bond donors (Lipinski definition) is 1. The van der Waals surface area contributed by atoms with Crippen molar-refractivity contribution in [3.05, 3.63) is 59.7 Å². The van der Waals surface area contributed by atoms with Crippen molar-refractivity contribution in [2.45, 2.75) is 26.3 Å². The third-order valence-electron chi connectivity index (χ3n) is 4.83. The second kappa shape index (κ2) is 9.42. The number of benzene rings is 2. The monoisotopic (exact) mass is 369 g/mol. The number of nitrogens with zero attached hydrogens (tertiary/aromatic N) is 1. The van der Waals surface area contributed by atoms with Gasteiger partial charge in [0.05, 0.1) is 6.61 Å². The van der Waals surface area contributed by atoms with Crippen LogP contribution >= 0.6 is 0 Å². The first-order chi connectivity index (χ1) is 13.1. The van der Waals surface area contributed by atoms with Gasteiger partial charge < -0.3 is 14.6 Å². The maximum Gasteiger partial charge on any atom is 0.341 e. The van der Waals surface area contributed by atoms with Crippen LogP contribution in [0.3, 0.4) is 0 Å². The molecule has 2 aromatic rings. The molecular weight excluding hydrogens is 342 g/mol. The van der Waals surface area contributed by atoms with Gasteiger partial charge in [-0.05, 0) is 44.5 Å². The summed E-state index contributed by atoms with van der Waals surface area (Å²) in [5, 5.41) is 8.84. The first-order valence-electron chi connectivity index (χ1n) is 9.44. The zero-order chi connectivity index (χ0) is 19.1. The Hall–Kier alpha value is -2.53. The maximum absolute atomic E-state index is 10.8. The Morgan fingerprint density at radius 2 is 1.93 bits per heavy atom. The second-order valence-electron chi connectivity index (χ2n) is 7.16. The van der Waals surface area contributed by atoms with Crippen LogP contribution in [0.1, 0.15) is 24.0 Å². The third kappa shape index (κ3) is 6.00. The van der Waals surface area contributed by atoms with Crippen LogP contribution in [0.25, 0.3) is 0 Å². The lowest BCUT2D eigenvalue weighted by molar-refractivity contribution is -0.139. The molecule has 1 unspecified atom stereocenters. The SMILES string of the molecule is Cc1ccc(OCC2CCCN(Cc3ccccc3OCC(=O)O)C2)cc1. The standard InChI is InChI=1S/C22H27NO4/c1-17-8-10-20(11-9-17)26-15-18-5-4-12-23(13-18)14-19-6-2-3-7-21(19)27-16-22(24)25/h2-3,6-11,18H,4-5,12-16H2,1H3,(H,24,25). The van der Waals surface area contributed by atoms with E-state index >= 15 is 0 Å². The number of aliphatic carboxylic acids is 1. The number of carboxylic acid groups (broad SMARTS) is 1. The first-order valence-corrected chi connectivity index (χ1v) is 9.44. The molecule has 1 N–H and O–H groups in total. The van der Waals surface area contributed by atoms with Crippen molar-refractivity contribution in [3.8, 4) is 11.5 Å². The van der Waals surface area contributed by atoms with Gasteiger partial charge >= 0.3 is 5.97 Å². The molecular formula is C22H27NO4. The van der Waals surface area contributed by atoms with Gasteiger partial charge in [0.2, 0.25) is 0 Å². The van der Waals surface area contributed by atoms with Gasteiger partial charge in [0.25, 0.3) is 0 Å². The molecule has 0 bridgehead atoms. The van der Waals surface area contributed by atoms with E-state index in [0.29, 0.717) is 11.7 Å². The number of carbonyl (C=O) groups is 1. The quantitative estimate of drug-likeness (QED) is 0.768. The molecule has 1 saturated heterocycles. The maximum atomic E-state index is 10.8. The fraction of sp³-hybridized carbons (Fsp3) is 0.409. The summed E-state index contributed by atoms with van der Waals surface area (Å²) in [6.45, 7) is 5.24. The zero-order valence-corrected chi connectivity index (χ0v) is 15.8. The fourth-order valence-electron chi connectivity index (χ4n) is 3.44. The molecule has 3 rings (SSSR count). The lowest BCUT2D eigenvalue weighted by atomic mass is 9.98. The summed E-state index contributed by atoms with van der Waals surface area (Å²) in [7, 11) is 0. The molecule has 0 amide bonds. The number of piperidine rings is 1. The molecule has 0 saturated carbocycles. The van der Waals surface area contributed by atoms with E-state index in [1.165, 1.54) is 12.0 Å². The zero-order valence-electron chi connectivity index (χ0n) is 15.8. The predicted octanol–water partition coefficient (Wildman–Crippen LogP) is 3.75. The van der Waals surface area contributed by atoms with Gasteiger partial charge in [-0.25, -0.2) is 4.79 Å². The van der Waals surface area contributed by atoms with Crippen LogP contribution in [0.2, 0.25) is 0 Å². The Kier molecular flexibility index (Phi) is 6.71. The van der Waals surface area contributed by atoms with Gasteiger partial charge in [-0.2, -0.15) is 0 Å². The van der Waals surface area contributed by atoms with Crippen LogP contribution in [0.4, 0.5) is 0 Å². The van der Waals surface area contributed by atoms with Gasteiger partial charge in [-0.15, -0.1) is 0 Å². The van der Waals surface area contributed by atoms with Crippen molar-refractivity contribution in [2.24, 2.45) is 5.92 Å². The van der Waals surface area contributed by atoms with Gasteiger partial charge in [-0.3, -0.25) is 4.90 Å². The smallest absolute Gasteiger partial charge is 0.341 e. The van der Waals surface area contributed by atoms with Crippen molar-refractivity contribution < 1.29 is 19.4 Å². The van der Waals surface area contributed by atoms with Gasteiger partial charge in [0, 0.05) is 24.6 Å². The van der Waals surface area contributed by atoms with E-state index in [9.17, 15) is 4.79 Å². The summed E-state index contributed by atoms with van der Waals surface area (Å²) in [5.74, 6) is 1.10. The lowest BCUT2D eigenvalue weighted by Crippen LogP contribution is -2.37. The van der Waals surface area contributed by atoms with E-state index in [0.717, 1.165) is 44.0 Å². The number of hydrogen-bond acceptors (Lipinski definition) is 4. The number of aryl methyl sites for hydroxylation is 1. The largest absolute Gasteiger partial charge is 0.493 e. The van der Waals surface area contributed by atoms with Gasteiger partial charge in [0.1, 0.15) is 11.5 Å². The van der Waals surface area contributed by atoms with Gasteiger partial charge in [-0.1, -0.05) is 35.9 Å².